The lowest BCUT2D eigenvalue weighted by molar-refractivity contribution is 0.151. The lowest BCUT2D eigenvalue weighted by Crippen LogP contribution is -2.23. The van der Waals surface area contributed by atoms with Gasteiger partial charge in [-0.3, -0.25) is 0 Å². The molecular formula is C12H16BrNO. The summed E-state index contributed by atoms with van der Waals surface area (Å²) in [7, 11) is 1.66. The second-order valence-electron chi connectivity index (χ2n) is 3.46. The summed E-state index contributed by atoms with van der Waals surface area (Å²) >= 11 is 3.39. The van der Waals surface area contributed by atoms with E-state index in [0.29, 0.717) is 12.1 Å². The van der Waals surface area contributed by atoms with Crippen LogP contribution in [0, 0.1) is 5.41 Å². The fourth-order valence-corrected chi connectivity index (χ4v) is 1.76. The molecule has 82 valence electrons. The third-order valence-corrected chi connectivity index (χ3v) is 2.88. The van der Waals surface area contributed by atoms with Crippen LogP contribution in [0.3, 0.4) is 0 Å². The Morgan fingerprint density at radius 2 is 2.00 bits per heavy atom. The largest absolute Gasteiger partial charge is 0.376 e. The molecule has 15 heavy (non-hydrogen) atoms. The van der Waals surface area contributed by atoms with Gasteiger partial charge in [-0.15, -0.1) is 0 Å². The predicted molar refractivity (Wildman–Crippen MR) is 66.7 cm³/mol. The van der Waals surface area contributed by atoms with Crippen LogP contribution in [0.4, 0.5) is 0 Å². The minimum absolute atomic E-state index is 0.0475. The zero-order valence-corrected chi connectivity index (χ0v) is 10.7. The van der Waals surface area contributed by atoms with Crippen LogP contribution in [0.25, 0.3) is 0 Å². The Labute approximate surface area is 99.3 Å². The van der Waals surface area contributed by atoms with Gasteiger partial charge in [0.05, 0.1) is 6.10 Å². The van der Waals surface area contributed by atoms with Crippen molar-refractivity contribution < 1.29 is 4.74 Å². The Morgan fingerprint density at radius 3 is 2.47 bits per heavy atom. The summed E-state index contributed by atoms with van der Waals surface area (Å²) in [6.07, 6.45) is 1.47. The standard InChI is InChI=1S/C12H16BrNO/c1-3-12(15-2)11(14)8-9-4-6-10(13)7-5-9/h4-7,12,14H,3,8H2,1-2H3/t12-/m0/s1. The van der Waals surface area contributed by atoms with Crippen molar-refractivity contribution in [1.29, 1.82) is 5.41 Å². The van der Waals surface area contributed by atoms with E-state index in [0.717, 1.165) is 16.5 Å². The van der Waals surface area contributed by atoms with Crippen molar-refractivity contribution >= 4 is 21.6 Å². The van der Waals surface area contributed by atoms with Gasteiger partial charge in [0.25, 0.3) is 0 Å². The maximum absolute atomic E-state index is 7.90. The van der Waals surface area contributed by atoms with E-state index in [1.54, 1.807) is 7.11 Å². The first kappa shape index (κ1) is 12.4. The number of halogens is 1. The second-order valence-corrected chi connectivity index (χ2v) is 4.38. The summed E-state index contributed by atoms with van der Waals surface area (Å²) in [5.41, 5.74) is 1.79. The number of hydrogen-bond acceptors (Lipinski definition) is 2. The number of ether oxygens (including phenoxy) is 1. The normalized spacial score (nSPS) is 12.5. The highest BCUT2D eigenvalue weighted by Crippen LogP contribution is 2.12. The number of nitrogens with one attached hydrogen (secondary N) is 1. The van der Waals surface area contributed by atoms with Crippen molar-refractivity contribution in [3.05, 3.63) is 34.3 Å². The first-order valence-corrected chi connectivity index (χ1v) is 5.81. The van der Waals surface area contributed by atoms with Crippen molar-refractivity contribution in [1.82, 2.24) is 0 Å². The summed E-state index contributed by atoms with van der Waals surface area (Å²) < 4.78 is 6.29. The monoisotopic (exact) mass is 269 g/mol. The molecule has 0 aromatic heterocycles. The van der Waals surface area contributed by atoms with Crippen LogP contribution in [-0.2, 0) is 11.2 Å². The Bertz CT molecular complexity index is 317. The van der Waals surface area contributed by atoms with E-state index < -0.39 is 0 Å². The smallest absolute Gasteiger partial charge is 0.0945 e. The summed E-state index contributed by atoms with van der Waals surface area (Å²) in [5.74, 6) is 0. The van der Waals surface area contributed by atoms with Gasteiger partial charge < -0.3 is 10.1 Å². The molecule has 1 atom stereocenters. The third-order valence-electron chi connectivity index (χ3n) is 2.35. The van der Waals surface area contributed by atoms with Crippen LogP contribution in [-0.4, -0.2) is 18.9 Å². The number of hydrogen-bond donors (Lipinski definition) is 1. The summed E-state index contributed by atoms with van der Waals surface area (Å²) in [4.78, 5) is 0. The van der Waals surface area contributed by atoms with E-state index >= 15 is 0 Å². The maximum atomic E-state index is 7.90. The molecule has 1 N–H and O–H groups in total. The second kappa shape index (κ2) is 6.03. The number of benzene rings is 1. The zero-order chi connectivity index (χ0) is 11.3. The van der Waals surface area contributed by atoms with E-state index in [1.165, 1.54) is 0 Å². The molecular weight excluding hydrogens is 254 g/mol. The van der Waals surface area contributed by atoms with Gasteiger partial charge in [0.2, 0.25) is 0 Å². The highest BCUT2D eigenvalue weighted by atomic mass is 79.9. The SMILES string of the molecule is CC[C@H](OC)C(=N)Cc1ccc(Br)cc1. The summed E-state index contributed by atoms with van der Waals surface area (Å²) in [6, 6.07) is 8.05. The molecule has 0 aliphatic rings. The molecule has 1 rings (SSSR count). The van der Waals surface area contributed by atoms with Crippen molar-refractivity contribution in [3.63, 3.8) is 0 Å². The van der Waals surface area contributed by atoms with Gasteiger partial charge in [-0.25, -0.2) is 0 Å². The van der Waals surface area contributed by atoms with Crippen LogP contribution in [0.1, 0.15) is 18.9 Å². The molecule has 1 aromatic rings. The molecule has 0 spiro atoms. The Hall–Kier alpha value is -0.670. The minimum atomic E-state index is -0.0475. The molecule has 1 aromatic carbocycles. The minimum Gasteiger partial charge on any atom is -0.376 e. The quantitative estimate of drug-likeness (QED) is 0.817. The first-order chi connectivity index (χ1) is 7.17. The highest BCUT2D eigenvalue weighted by molar-refractivity contribution is 9.10. The Kier molecular flexibility index (Phi) is 4.99. The Morgan fingerprint density at radius 1 is 1.40 bits per heavy atom. The summed E-state index contributed by atoms with van der Waals surface area (Å²) in [5, 5.41) is 7.90. The first-order valence-electron chi connectivity index (χ1n) is 5.02. The van der Waals surface area contributed by atoms with Gasteiger partial charge in [-0.2, -0.15) is 0 Å². The van der Waals surface area contributed by atoms with Crippen LogP contribution in [0.2, 0.25) is 0 Å². The average molecular weight is 270 g/mol. The molecule has 2 nitrogen and oxygen atoms in total. The van der Waals surface area contributed by atoms with Crippen molar-refractivity contribution in [2.24, 2.45) is 0 Å². The number of methoxy groups -OCH3 is 1. The molecule has 0 fully saturated rings. The average Bonchev–Trinajstić information content (AvgIpc) is 2.23. The van der Waals surface area contributed by atoms with Crippen molar-refractivity contribution in [2.45, 2.75) is 25.9 Å². The fourth-order valence-electron chi connectivity index (χ4n) is 1.49. The van der Waals surface area contributed by atoms with Crippen molar-refractivity contribution in [3.8, 4) is 0 Å². The fraction of sp³-hybridized carbons (Fsp3) is 0.417. The van der Waals surface area contributed by atoms with E-state index in [-0.39, 0.29) is 6.10 Å². The molecule has 0 radical (unpaired) electrons. The zero-order valence-electron chi connectivity index (χ0n) is 9.09. The van der Waals surface area contributed by atoms with Gasteiger partial charge >= 0.3 is 0 Å². The van der Waals surface area contributed by atoms with Crippen LogP contribution in [0.15, 0.2) is 28.7 Å². The lowest BCUT2D eigenvalue weighted by Gasteiger charge is -2.14. The van der Waals surface area contributed by atoms with Crippen LogP contribution < -0.4 is 0 Å². The van der Waals surface area contributed by atoms with E-state index in [4.69, 9.17) is 10.1 Å². The molecule has 0 aliphatic carbocycles. The van der Waals surface area contributed by atoms with E-state index in [9.17, 15) is 0 Å². The van der Waals surface area contributed by atoms with E-state index in [1.807, 2.05) is 31.2 Å². The van der Waals surface area contributed by atoms with Gasteiger partial charge in [-0.05, 0) is 24.1 Å². The molecule has 3 heteroatoms. The lowest BCUT2D eigenvalue weighted by atomic mass is 10.0. The van der Waals surface area contributed by atoms with Gasteiger partial charge in [0, 0.05) is 23.7 Å². The van der Waals surface area contributed by atoms with Gasteiger partial charge in [0.1, 0.15) is 0 Å². The molecule has 0 heterocycles. The molecule has 0 saturated carbocycles. The third kappa shape index (κ3) is 3.76. The number of rotatable bonds is 5. The van der Waals surface area contributed by atoms with E-state index in [2.05, 4.69) is 15.9 Å². The molecule has 0 bridgehead atoms. The van der Waals surface area contributed by atoms with Crippen LogP contribution in [0.5, 0.6) is 0 Å². The van der Waals surface area contributed by atoms with Crippen molar-refractivity contribution in [2.75, 3.05) is 7.11 Å². The molecule has 0 amide bonds. The topological polar surface area (TPSA) is 33.1 Å². The molecule has 0 aliphatic heterocycles. The summed E-state index contributed by atoms with van der Waals surface area (Å²) in [6.45, 7) is 2.03. The van der Waals surface area contributed by atoms with Crippen LogP contribution >= 0.6 is 15.9 Å². The van der Waals surface area contributed by atoms with Gasteiger partial charge in [-0.1, -0.05) is 35.0 Å². The molecule has 0 unspecified atom stereocenters. The Balaban J connectivity index is 2.61. The maximum Gasteiger partial charge on any atom is 0.0945 e. The molecule has 0 saturated heterocycles. The van der Waals surface area contributed by atoms with Gasteiger partial charge in [0.15, 0.2) is 0 Å². The predicted octanol–water partition coefficient (Wildman–Crippen LogP) is 3.44. The highest BCUT2D eigenvalue weighted by Gasteiger charge is 2.11.